The Morgan fingerprint density at radius 1 is 1.29 bits per heavy atom. The van der Waals surface area contributed by atoms with E-state index >= 15 is 0 Å². The fraction of sp³-hybridized carbons (Fsp3) is 0.909. The summed E-state index contributed by atoms with van der Waals surface area (Å²) in [5.41, 5.74) is 0. The number of Topliss-reactive ketones (excluding diaryl/α,β-unsaturated/α-hetero) is 1. The molecule has 0 amide bonds. The van der Waals surface area contributed by atoms with Crippen LogP contribution in [0.4, 0.5) is 13.2 Å². The first-order valence-electron chi connectivity index (χ1n) is 5.88. The van der Waals surface area contributed by atoms with Crippen LogP contribution < -0.4 is 0 Å². The normalized spacial score (nSPS) is 22.9. The van der Waals surface area contributed by atoms with Crippen LogP contribution >= 0.6 is 0 Å². The van der Waals surface area contributed by atoms with Crippen LogP contribution in [0.2, 0.25) is 0 Å². The summed E-state index contributed by atoms with van der Waals surface area (Å²) >= 11 is 0. The predicted molar refractivity (Wildman–Crippen MR) is 56.6 cm³/mol. The topological polar surface area (TPSA) is 40.5 Å². The Balaban J connectivity index is 2.69. The van der Waals surface area contributed by atoms with Gasteiger partial charge in [0.15, 0.2) is 0 Å². The molecule has 1 aliphatic carbocycles. The van der Waals surface area contributed by atoms with Crippen molar-refractivity contribution in [3.05, 3.63) is 0 Å². The highest BCUT2D eigenvalue weighted by Gasteiger charge is 2.36. The van der Waals surface area contributed by atoms with Gasteiger partial charge >= 0.3 is 6.18 Å². The average molecular weight is 253 g/mol. The highest BCUT2D eigenvalue weighted by Crippen LogP contribution is 2.23. The van der Waals surface area contributed by atoms with Crippen molar-refractivity contribution in [2.45, 2.75) is 44.3 Å². The molecule has 17 heavy (non-hydrogen) atoms. The van der Waals surface area contributed by atoms with Gasteiger partial charge in [0.25, 0.3) is 0 Å². The molecule has 0 aromatic rings. The van der Waals surface area contributed by atoms with E-state index in [1.807, 2.05) is 0 Å². The molecule has 0 aromatic heterocycles. The van der Waals surface area contributed by atoms with Crippen molar-refractivity contribution in [3.8, 4) is 0 Å². The minimum absolute atomic E-state index is 0.101. The largest absolute Gasteiger partial charge is 0.401 e. The Bertz CT molecular complexity index is 256. The summed E-state index contributed by atoms with van der Waals surface area (Å²) in [7, 11) is 0. The van der Waals surface area contributed by atoms with E-state index in [-0.39, 0.29) is 18.9 Å². The summed E-state index contributed by atoms with van der Waals surface area (Å²) in [5.74, 6) is -0.125. The summed E-state index contributed by atoms with van der Waals surface area (Å²) < 4.78 is 37.1. The van der Waals surface area contributed by atoms with Crippen molar-refractivity contribution in [2.24, 2.45) is 0 Å². The van der Waals surface area contributed by atoms with E-state index in [0.717, 1.165) is 24.2 Å². The van der Waals surface area contributed by atoms with E-state index in [1.165, 1.54) is 0 Å². The van der Waals surface area contributed by atoms with Crippen LogP contribution in [-0.2, 0) is 4.79 Å². The molecule has 1 aliphatic rings. The maximum absolute atomic E-state index is 12.4. The Morgan fingerprint density at radius 2 is 2.00 bits per heavy atom. The summed E-state index contributed by atoms with van der Waals surface area (Å²) in [6.07, 6.45) is -1.09. The number of halogens is 3. The van der Waals surface area contributed by atoms with E-state index in [9.17, 15) is 18.0 Å². The van der Waals surface area contributed by atoms with E-state index in [4.69, 9.17) is 5.11 Å². The zero-order valence-electron chi connectivity index (χ0n) is 9.67. The van der Waals surface area contributed by atoms with Crippen molar-refractivity contribution in [1.82, 2.24) is 4.90 Å². The van der Waals surface area contributed by atoms with Crippen LogP contribution in [0.5, 0.6) is 0 Å². The lowest BCUT2D eigenvalue weighted by Crippen LogP contribution is -2.46. The van der Waals surface area contributed by atoms with Crippen LogP contribution in [0.25, 0.3) is 0 Å². The second-order valence-corrected chi connectivity index (χ2v) is 4.39. The fourth-order valence-electron chi connectivity index (χ4n) is 2.23. The van der Waals surface area contributed by atoms with Crippen molar-refractivity contribution in [2.75, 3.05) is 19.7 Å². The van der Waals surface area contributed by atoms with Crippen molar-refractivity contribution >= 4 is 5.78 Å². The predicted octanol–water partition coefficient (Wildman–Crippen LogP) is 1.74. The van der Waals surface area contributed by atoms with E-state index in [2.05, 4.69) is 0 Å². The maximum atomic E-state index is 12.4. The number of hydrogen-bond donors (Lipinski definition) is 1. The van der Waals surface area contributed by atoms with Gasteiger partial charge in [0.2, 0.25) is 0 Å². The maximum Gasteiger partial charge on any atom is 0.401 e. The Hall–Kier alpha value is -0.620. The van der Waals surface area contributed by atoms with Crippen LogP contribution in [-0.4, -0.2) is 47.7 Å². The average Bonchev–Trinajstić information content (AvgIpc) is 2.40. The van der Waals surface area contributed by atoms with Gasteiger partial charge in [0.05, 0.1) is 19.2 Å². The minimum atomic E-state index is -4.33. The quantitative estimate of drug-likeness (QED) is 0.776. The van der Waals surface area contributed by atoms with Gasteiger partial charge in [-0.05, 0) is 12.8 Å². The van der Waals surface area contributed by atoms with Crippen molar-refractivity contribution in [1.29, 1.82) is 0 Å². The molecular formula is C11H18F3NO2. The lowest BCUT2D eigenvalue weighted by Gasteiger charge is -2.30. The number of rotatable bonds is 4. The summed E-state index contributed by atoms with van der Waals surface area (Å²) in [4.78, 5) is 12.8. The zero-order valence-corrected chi connectivity index (χ0v) is 9.67. The number of carbonyl (C=O) groups is 1. The van der Waals surface area contributed by atoms with E-state index in [1.54, 1.807) is 0 Å². The van der Waals surface area contributed by atoms with E-state index < -0.39 is 18.8 Å². The molecule has 1 unspecified atom stereocenters. The number of carbonyl (C=O) groups excluding carboxylic acids is 1. The molecule has 1 rings (SSSR count). The molecule has 6 heteroatoms. The Morgan fingerprint density at radius 3 is 2.59 bits per heavy atom. The van der Waals surface area contributed by atoms with Crippen LogP contribution in [0.3, 0.4) is 0 Å². The summed E-state index contributed by atoms with van der Waals surface area (Å²) in [5, 5.41) is 8.80. The summed E-state index contributed by atoms with van der Waals surface area (Å²) in [6, 6.07) is -0.675. The third-order valence-electron chi connectivity index (χ3n) is 2.98. The molecule has 100 valence electrons. The van der Waals surface area contributed by atoms with Gasteiger partial charge < -0.3 is 5.11 Å². The molecule has 0 spiro atoms. The molecule has 0 saturated heterocycles. The molecule has 1 saturated carbocycles. The number of ketones is 1. The van der Waals surface area contributed by atoms with Crippen LogP contribution in [0, 0.1) is 0 Å². The zero-order chi connectivity index (χ0) is 12.9. The first kappa shape index (κ1) is 14.4. The smallest absolute Gasteiger partial charge is 0.395 e. The second-order valence-electron chi connectivity index (χ2n) is 4.39. The van der Waals surface area contributed by atoms with Crippen LogP contribution in [0.15, 0.2) is 0 Å². The lowest BCUT2D eigenvalue weighted by atomic mass is 10.1. The number of hydrogen-bond acceptors (Lipinski definition) is 3. The minimum Gasteiger partial charge on any atom is -0.395 e. The molecule has 1 atom stereocenters. The van der Waals surface area contributed by atoms with Gasteiger partial charge in [0, 0.05) is 13.0 Å². The molecule has 0 radical (unpaired) electrons. The molecule has 0 bridgehead atoms. The molecular weight excluding hydrogens is 235 g/mol. The number of aliphatic hydroxyl groups is 1. The van der Waals surface area contributed by atoms with Crippen molar-refractivity contribution in [3.63, 3.8) is 0 Å². The van der Waals surface area contributed by atoms with Gasteiger partial charge in [0.1, 0.15) is 5.78 Å². The monoisotopic (exact) mass is 253 g/mol. The van der Waals surface area contributed by atoms with Crippen LogP contribution in [0.1, 0.15) is 32.1 Å². The van der Waals surface area contributed by atoms with E-state index in [0.29, 0.717) is 12.8 Å². The Labute approximate surface area is 98.6 Å². The molecule has 0 aromatic carbocycles. The SMILES string of the molecule is O=C1CCCCCC1N(CCO)CC(F)(F)F. The molecule has 0 aliphatic heterocycles. The standard InChI is InChI=1S/C11H18F3NO2/c12-11(13,14)8-15(6-7-16)9-4-2-1-3-5-10(9)17/h9,16H,1-8H2. The Kier molecular flexibility index (Phi) is 5.39. The first-order valence-corrected chi connectivity index (χ1v) is 5.88. The lowest BCUT2D eigenvalue weighted by molar-refractivity contribution is -0.155. The highest BCUT2D eigenvalue weighted by atomic mass is 19.4. The fourth-order valence-corrected chi connectivity index (χ4v) is 2.23. The second kappa shape index (κ2) is 6.35. The first-order chi connectivity index (χ1) is 7.94. The van der Waals surface area contributed by atoms with Gasteiger partial charge in [-0.3, -0.25) is 9.69 Å². The third-order valence-corrected chi connectivity index (χ3v) is 2.98. The van der Waals surface area contributed by atoms with Gasteiger partial charge in [-0.2, -0.15) is 13.2 Å². The number of nitrogens with zero attached hydrogens (tertiary/aromatic N) is 1. The third kappa shape index (κ3) is 5.04. The number of alkyl halides is 3. The van der Waals surface area contributed by atoms with Gasteiger partial charge in [-0.15, -0.1) is 0 Å². The molecule has 1 fully saturated rings. The molecule has 0 heterocycles. The molecule has 1 N–H and O–H groups in total. The highest BCUT2D eigenvalue weighted by molar-refractivity contribution is 5.84. The van der Waals surface area contributed by atoms with Crippen molar-refractivity contribution < 1.29 is 23.1 Å². The summed E-state index contributed by atoms with van der Waals surface area (Å²) in [6.45, 7) is -1.58. The molecule has 3 nitrogen and oxygen atoms in total. The number of aliphatic hydroxyl groups excluding tert-OH is 1. The van der Waals surface area contributed by atoms with Gasteiger partial charge in [-0.1, -0.05) is 12.8 Å². The van der Waals surface area contributed by atoms with Gasteiger partial charge in [-0.25, -0.2) is 0 Å².